The molecule has 2 aromatic rings. The van der Waals surface area contributed by atoms with Gasteiger partial charge < -0.3 is 15.2 Å². The Morgan fingerprint density at radius 3 is 2.42 bits per heavy atom. The molecule has 6 nitrogen and oxygen atoms in total. The van der Waals surface area contributed by atoms with Gasteiger partial charge in [0.05, 0.1) is 22.7 Å². The predicted octanol–water partition coefficient (Wildman–Crippen LogP) is 3.61. The molecule has 0 saturated heterocycles. The van der Waals surface area contributed by atoms with E-state index in [0.717, 1.165) is 0 Å². The van der Waals surface area contributed by atoms with Crippen molar-refractivity contribution < 1.29 is 19.1 Å². The highest BCUT2D eigenvalue weighted by Gasteiger charge is 2.14. The number of primary amides is 1. The summed E-state index contributed by atoms with van der Waals surface area (Å²) in [6.45, 7) is 0. The largest absolute Gasteiger partial charge is 0.493 e. The Labute approximate surface area is 159 Å². The third kappa shape index (κ3) is 4.54. The minimum atomic E-state index is -0.846. The molecule has 1 amide bonds. The van der Waals surface area contributed by atoms with Crippen LogP contribution in [0.4, 0.5) is 0 Å². The summed E-state index contributed by atoms with van der Waals surface area (Å²) in [4.78, 5) is 23.4. The first-order chi connectivity index (χ1) is 12.3. The minimum Gasteiger partial charge on any atom is -0.493 e. The van der Waals surface area contributed by atoms with Crippen molar-refractivity contribution in [1.29, 1.82) is 5.26 Å². The van der Waals surface area contributed by atoms with Crippen LogP contribution in [-0.4, -0.2) is 19.0 Å². The van der Waals surface area contributed by atoms with Gasteiger partial charge in [-0.05, 0) is 42.0 Å². The van der Waals surface area contributed by atoms with Gasteiger partial charge in [0.1, 0.15) is 11.6 Å². The Bertz CT molecular complexity index is 949. The number of hydrogen-bond acceptors (Lipinski definition) is 5. The molecule has 8 heteroatoms. The maximum atomic E-state index is 12.2. The van der Waals surface area contributed by atoms with Crippen molar-refractivity contribution in [3.63, 3.8) is 0 Å². The van der Waals surface area contributed by atoms with Gasteiger partial charge in [-0.3, -0.25) is 4.79 Å². The Hall–Kier alpha value is -3.01. The van der Waals surface area contributed by atoms with E-state index in [-0.39, 0.29) is 27.7 Å². The molecule has 0 unspecified atom stereocenters. The van der Waals surface area contributed by atoms with E-state index in [1.165, 1.54) is 43.5 Å². The fraction of sp³-hybridized carbons (Fsp3) is 0.0556. The molecule has 26 heavy (non-hydrogen) atoms. The number of ether oxygens (including phenoxy) is 2. The van der Waals surface area contributed by atoms with Crippen LogP contribution in [0, 0.1) is 11.3 Å². The van der Waals surface area contributed by atoms with E-state index in [9.17, 15) is 9.59 Å². The van der Waals surface area contributed by atoms with Crippen molar-refractivity contribution in [2.75, 3.05) is 7.11 Å². The van der Waals surface area contributed by atoms with E-state index in [1.807, 2.05) is 0 Å². The number of hydrogen-bond donors (Lipinski definition) is 1. The molecular formula is C18H12Cl2N2O4. The van der Waals surface area contributed by atoms with Crippen LogP contribution in [0.25, 0.3) is 6.08 Å². The molecule has 0 heterocycles. The van der Waals surface area contributed by atoms with Gasteiger partial charge in [-0.2, -0.15) is 5.26 Å². The lowest BCUT2D eigenvalue weighted by atomic mass is 10.1. The fourth-order valence-electron chi connectivity index (χ4n) is 1.97. The van der Waals surface area contributed by atoms with Crippen molar-refractivity contribution in [2.45, 2.75) is 0 Å². The second-order valence-electron chi connectivity index (χ2n) is 4.96. The number of nitrogens with two attached hydrogens (primary N) is 1. The SMILES string of the molecule is COc1cc(/C=C(\C#N)C(N)=O)ccc1OC(=O)c1ccc(Cl)c(Cl)c1. The highest BCUT2D eigenvalue weighted by molar-refractivity contribution is 6.42. The van der Waals surface area contributed by atoms with Gasteiger partial charge in [-0.1, -0.05) is 29.3 Å². The quantitative estimate of drug-likeness (QED) is 0.363. The Morgan fingerprint density at radius 2 is 1.85 bits per heavy atom. The lowest BCUT2D eigenvalue weighted by Crippen LogP contribution is -2.12. The summed E-state index contributed by atoms with van der Waals surface area (Å²) in [6, 6.07) is 10.6. The molecule has 0 aliphatic heterocycles. The van der Waals surface area contributed by atoms with E-state index >= 15 is 0 Å². The molecule has 0 radical (unpaired) electrons. The highest BCUT2D eigenvalue weighted by atomic mass is 35.5. The van der Waals surface area contributed by atoms with E-state index < -0.39 is 11.9 Å². The molecule has 0 bridgehead atoms. The Kier molecular flexibility index (Phi) is 6.23. The van der Waals surface area contributed by atoms with Crippen LogP contribution in [-0.2, 0) is 4.79 Å². The van der Waals surface area contributed by atoms with Crippen molar-refractivity contribution >= 4 is 41.2 Å². The molecule has 2 aromatic carbocycles. The number of nitrogens with zero attached hydrogens (tertiary/aromatic N) is 1. The fourth-order valence-corrected chi connectivity index (χ4v) is 2.26. The lowest BCUT2D eigenvalue weighted by molar-refractivity contribution is -0.114. The van der Waals surface area contributed by atoms with Crippen LogP contribution in [0.5, 0.6) is 11.5 Å². The summed E-state index contributed by atoms with van der Waals surface area (Å²) in [5.74, 6) is -1.12. The smallest absolute Gasteiger partial charge is 0.343 e. The van der Waals surface area contributed by atoms with Gasteiger partial charge in [0.25, 0.3) is 5.91 Å². The van der Waals surface area contributed by atoms with Gasteiger partial charge >= 0.3 is 5.97 Å². The number of carbonyl (C=O) groups is 2. The van der Waals surface area contributed by atoms with Crippen molar-refractivity contribution in [2.24, 2.45) is 5.73 Å². The summed E-state index contributed by atoms with van der Waals surface area (Å²) in [7, 11) is 1.39. The van der Waals surface area contributed by atoms with Gasteiger partial charge in [-0.15, -0.1) is 0 Å². The van der Waals surface area contributed by atoms with E-state index in [0.29, 0.717) is 10.6 Å². The number of nitriles is 1. The first-order valence-corrected chi connectivity index (χ1v) is 7.88. The summed E-state index contributed by atoms with van der Waals surface area (Å²) in [6.07, 6.45) is 1.30. The maximum absolute atomic E-state index is 12.2. The zero-order valence-electron chi connectivity index (χ0n) is 13.5. The van der Waals surface area contributed by atoms with E-state index in [1.54, 1.807) is 12.1 Å². The number of amides is 1. The molecule has 0 aliphatic rings. The Balaban J connectivity index is 2.30. The zero-order chi connectivity index (χ0) is 19.3. The second-order valence-corrected chi connectivity index (χ2v) is 5.78. The van der Waals surface area contributed by atoms with Crippen molar-refractivity contribution in [3.05, 3.63) is 63.1 Å². The zero-order valence-corrected chi connectivity index (χ0v) is 15.0. The van der Waals surface area contributed by atoms with Crippen LogP contribution in [0.2, 0.25) is 10.0 Å². The molecule has 0 aliphatic carbocycles. The number of benzene rings is 2. The van der Waals surface area contributed by atoms with Crippen molar-refractivity contribution in [3.8, 4) is 17.6 Å². The van der Waals surface area contributed by atoms with Crippen LogP contribution in [0.1, 0.15) is 15.9 Å². The van der Waals surface area contributed by atoms with Crippen LogP contribution in [0.3, 0.4) is 0 Å². The average Bonchev–Trinajstić information content (AvgIpc) is 2.62. The number of esters is 1. The molecule has 0 atom stereocenters. The summed E-state index contributed by atoms with van der Waals surface area (Å²) < 4.78 is 10.5. The van der Waals surface area contributed by atoms with Crippen LogP contribution >= 0.6 is 23.2 Å². The topological polar surface area (TPSA) is 102 Å². The summed E-state index contributed by atoms with van der Waals surface area (Å²) >= 11 is 11.7. The number of halogens is 2. The standard InChI is InChI=1S/C18H12Cl2N2O4/c1-25-16-7-10(6-12(9-21)17(22)23)2-5-15(16)26-18(24)11-3-4-13(19)14(20)8-11/h2-8H,1H3,(H2,22,23)/b12-6+. The van der Waals surface area contributed by atoms with Gasteiger partial charge in [0.2, 0.25) is 0 Å². The highest BCUT2D eigenvalue weighted by Crippen LogP contribution is 2.30. The third-order valence-electron chi connectivity index (χ3n) is 3.24. The Morgan fingerprint density at radius 1 is 1.12 bits per heavy atom. The molecular weight excluding hydrogens is 379 g/mol. The van der Waals surface area contributed by atoms with Gasteiger partial charge in [0.15, 0.2) is 11.5 Å². The molecule has 2 N–H and O–H groups in total. The van der Waals surface area contributed by atoms with Gasteiger partial charge in [0, 0.05) is 0 Å². The number of carbonyl (C=O) groups excluding carboxylic acids is 2. The second kappa shape index (κ2) is 8.39. The lowest BCUT2D eigenvalue weighted by Gasteiger charge is -2.10. The van der Waals surface area contributed by atoms with Crippen LogP contribution < -0.4 is 15.2 Å². The average molecular weight is 391 g/mol. The van der Waals surface area contributed by atoms with E-state index in [2.05, 4.69) is 0 Å². The third-order valence-corrected chi connectivity index (χ3v) is 3.98. The molecule has 132 valence electrons. The maximum Gasteiger partial charge on any atom is 0.343 e. The molecule has 2 rings (SSSR count). The summed E-state index contributed by atoms with van der Waals surface area (Å²) in [5.41, 5.74) is 5.58. The molecule has 0 spiro atoms. The minimum absolute atomic E-state index is 0.151. The predicted molar refractivity (Wildman–Crippen MR) is 97.2 cm³/mol. The monoisotopic (exact) mass is 390 g/mol. The first kappa shape index (κ1) is 19.3. The first-order valence-electron chi connectivity index (χ1n) is 7.12. The van der Waals surface area contributed by atoms with Gasteiger partial charge in [-0.25, -0.2) is 4.79 Å². The summed E-state index contributed by atoms with van der Waals surface area (Å²) in [5, 5.41) is 9.43. The molecule has 0 saturated carbocycles. The van der Waals surface area contributed by atoms with E-state index in [4.69, 9.17) is 43.7 Å². The number of rotatable bonds is 5. The van der Waals surface area contributed by atoms with Crippen molar-refractivity contribution in [1.82, 2.24) is 0 Å². The number of methoxy groups -OCH3 is 1. The normalized spacial score (nSPS) is 10.8. The molecule has 0 aromatic heterocycles. The molecule has 0 fully saturated rings. The van der Waals surface area contributed by atoms with Crippen LogP contribution in [0.15, 0.2) is 42.0 Å².